The number of aliphatic hydroxyl groups excluding tert-OH is 1. The number of rotatable bonds is 3. The highest BCUT2D eigenvalue weighted by Gasteiger charge is 2.28. The van der Waals surface area contributed by atoms with Gasteiger partial charge in [-0.25, -0.2) is 0 Å². The maximum Gasteiger partial charge on any atom is 0.201 e. The Morgan fingerprint density at radius 1 is 1.24 bits per heavy atom. The van der Waals surface area contributed by atoms with Crippen LogP contribution in [-0.4, -0.2) is 52.8 Å². The third-order valence-corrected chi connectivity index (χ3v) is 5.14. The van der Waals surface area contributed by atoms with Gasteiger partial charge in [0.2, 0.25) is 5.65 Å². The van der Waals surface area contributed by atoms with Crippen molar-refractivity contribution in [1.82, 2.24) is 34.6 Å². The monoisotopic (exact) mass is 342 g/mol. The van der Waals surface area contributed by atoms with Crippen LogP contribution in [0.2, 0.25) is 0 Å². The Bertz CT molecular complexity index is 914. The predicted octanol–water partition coefficient (Wildman–Crippen LogP) is 0.746. The summed E-state index contributed by atoms with van der Waals surface area (Å²) < 4.78 is 3.65. The summed E-state index contributed by atoms with van der Waals surface area (Å²) in [5.41, 5.74) is 4.00. The van der Waals surface area contributed by atoms with Crippen LogP contribution in [0.25, 0.3) is 5.65 Å². The second kappa shape index (κ2) is 6.07. The van der Waals surface area contributed by atoms with Crippen molar-refractivity contribution in [1.29, 1.82) is 0 Å². The zero-order valence-electron chi connectivity index (χ0n) is 14.7. The van der Waals surface area contributed by atoms with E-state index in [0.29, 0.717) is 5.82 Å². The highest BCUT2D eigenvalue weighted by molar-refractivity contribution is 5.72. The van der Waals surface area contributed by atoms with Gasteiger partial charge < -0.3 is 14.6 Å². The summed E-state index contributed by atoms with van der Waals surface area (Å²) in [5.74, 6) is 1.79. The van der Waals surface area contributed by atoms with E-state index >= 15 is 0 Å². The summed E-state index contributed by atoms with van der Waals surface area (Å²) in [4.78, 5) is 2.36. The normalized spacial score (nSPS) is 18.2. The minimum absolute atomic E-state index is 0.0943. The Balaban J connectivity index is 1.71. The molecule has 1 saturated heterocycles. The molecule has 3 aromatic heterocycles. The van der Waals surface area contributed by atoms with Gasteiger partial charge in [-0.1, -0.05) is 0 Å². The van der Waals surface area contributed by atoms with Gasteiger partial charge in [0.25, 0.3) is 0 Å². The number of hydrogen-bond acceptors (Lipinski definition) is 7. The molecule has 0 amide bonds. The molecule has 1 aliphatic rings. The molecule has 1 N–H and O–H groups in total. The van der Waals surface area contributed by atoms with Crippen molar-refractivity contribution in [3.63, 3.8) is 0 Å². The maximum atomic E-state index is 9.36. The number of aromatic nitrogens is 7. The number of fused-ring (bicyclic) bond motifs is 1. The van der Waals surface area contributed by atoms with Crippen molar-refractivity contribution in [2.24, 2.45) is 7.05 Å². The van der Waals surface area contributed by atoms with Crippen LogP contribution < -0.4 is 4.90 Å². The minimum atomic E-state index is -0.0943. The van der Waals surface area contributed by atoms with E-state index in [-0.39, 0.29) is 12.5 Å². The quantitative estimate of drug-likeness (QED) is 0.750. The molecule has 1 aliphatic heterocycles. The molecule has 0 aromatic carbocycles. The highest BCUT2D eigenvalue weighted by Crippen LogP contribution is 2.33. The fraction of sp³-hybridized carbons (Fsp3) is 0.562. The molecule has 132 valence electrons. The summed E-state index contributed by atoms with van der Waals surface area (Å²) in [6.07, 6.45) is 3.76. The number of hydrogen-bond donors (Lipinski definition) is 1. The lowest BCUT2D eigenvalue weighted by Gasteiger charge is -2.34. The average Bonchev–Trinajstić information content (AvgIpc) is 3.22. The summed E-state index contributed by atoms with van der Waals surface area (Å²) in [5, 5.41) is 30.6. The summed E-state index contributed by atoms with van der Waals surface area (Å²) in [6, 6.07) is 0. The zero-order chi connectivity index (χ0) is 17.6. The van der Waals surface area contributed by atoms with Crippen molar-refractivity contribution in [3.05, 3.63) is 29.2 Å². The van der Waals surface area contributed by atoms with E-state index in [0.717, 1.165) is 54.3 Å². The van der Waals surface area contributed by atoms with Gasteiger partial charge in [0.15, 0.2) is 5.82 Å². The fourth-order valence-electron chi connectivity index (χ4n) is 3.67. The van der Waals surface area contributed by atoms with Gasteiger partial charge in [0.1, 0.15) is 18.8 Å². The van der Waals surface area contributed by atoms with E-state index in [2.05, 4.69) is 37.3 Å². The van der Waals surface area contributed by atoms with Crippen LogP contribution in [0.15, 0.2) is 6.33 Å². The third-order valence-electron chi connectivity index (χ3n) is 5.14. The van der Waals surface area contributed by atoms with E-state index in [4.69, 9.17) is 0 Å². The maximum absolute atomic E-state index is 9.36. The molecule has 0 radical (unpaired) electrons. The molecule has 9 nitrogen and oxygen atoms in total. The molecule has 3 aromatic rings. The largest absolute Gasteiger partial charge is 0.388 e. The van der Waals surface area contributed by atoms with E-state index in [1.165, 1.54) is 0 Å². The molecule has 0 saturated carbocycles. The number of nitrogens with zero attached hydrogens (tertiary/aromatic N) is 8. The topological polar surface area (TPSA) is 97.3 Å². The molecule has 1 fully saturated rings. The Morgan fingerprint density at radius 2 is 2.08 bits per heavy atom. The van der Waals surface area contributed by atoms with E-state index in [1.807, 2.05) is 18.5 Å². The number of piperidine rings is 1. The first-order valence-corrected chi connectivity index (χ1v) is 8.51. The third kappa shape index (κ3) is 2.55. The first-order chi connectivity index (χ1) is 12.1. The Kier molecular flexibility index (Phi) is 3.87. The molecular weight excluding hydrogens is 320 g/mol. The summed E-state index contributed by atoms with van der Waals surface area (Å²) >= 11 is 0. The van der Waals surface area contributed by atoms with Gasteiger partial charge in [-0.15, -0.1) is 20.4 Å². The van der Waals surface area contributed by atoms with Crippen LogP contribution in [-0.2, 0) is 13.7 Å². The van der Waals surface area contributed by atoms with Crippen LogP contribution in [0.3, 0.4) is 0 Å². The smallest absolute Gasteiger partial charge is 0.201 e. The Morgan fingerprint density at radius 3 is 2.84 bits per heavy atom. The van der Waals surface area contributed by atoms with Gasteiger partial charge in [0, 0.05) is 26.1 Å². The first-order valence-electron chi connectivity index (χ1n) is 8.51. The van der Waals surface area contributed by atoms with Gasteiger partial charge >= 0.3 is 0 Å². The van der Waals surface area contributed by atoms with Gasteiger partial charge in [0.05, 0.1) is 11.4 Å². The minimum Gasteiger partial charge on any atom is -0.388 e. The fourth-order valence-corrected chi connectivity index (χ4v) is 3.67. The van der Waals surface area contributed by atoms with Crippen LogP contribution in [0.4, 0.5) is 5.69 Å². The standard InChI is InChI=1S/C16H22N8O/c1-10-11(2)21-24-9-17-19-16(24)14(10)23-6-4-5-12(7-23)15-20-18-13(8-25)22(15)3/h9,12,25H,4-8H2,1-3H3. The summed E-state index contributed by atoms with van der Waals surface area (Å²) in [6.45, 7) is 5.80. The lowest BCUT2D eigenvalue weighted by atomic mass is 9.96. The Hall–Kier alpha value is -2.55. The predicted molar refractivity (Wildman–Crippen MR) is 91.4 cm³/mol. The van der Waals surface area contributed by atoms with Crippen molar-refractivity contribution in [3.8, 4) is 0 Å². The summed E-state index contributed by atoms with van der Waals surface area (Å²) in [7, 11) is 1.92. The molecule has 4 heterocycles. The number of aliphatic hydroxyl groups is 1. The molecule has 25 heavy (non-hydrogen) atoms. The van der Waals surface area contributed by atoms with Crippen molar-refractivity contribution >= 4 is 11.3 Å². The van der Waals surface area contributed by atoms with Crippen molar-refractivity contribution < 1.29 is 5.11 Å². The van der Waals surface area contributed by atoms with Crippen molar-refractivity contribution in [2.75, 3.05) is 18.0 Å². The lowest BCUT2D eigenvalue weighted by molar-refractivity contribution is 0.266. The van der Waals surface area contributed by atoms with Crippen LogP contribution in [0.1, 0.15) is 41.7 Å². The van der Waals surface area contributed by atoms with E-state index < -0.39 is 0 Å². The molecule has 1 unspecified atom stereocenters. The molecular formula is C16H22N8O. The van der Waals surface area contributed by atoms with Crippen molar-refractivity contribution in [2.45, 2.75) is 39.2 Å². The number of aryl methyl sites for hydroxylation is 1. The van der Waals surface area contributed by atoms with Crippen LogP contribution >= 0.6 is 0 Å². The average molecular weight is 342 g/mol. The number of anilines is 1. The van der Waals surface area contributed by atoms with Gasteiger partial charge in [-0.2, -0.15) is 9.61 Å². The second-order valence-corrected chi connectivity index (χ2v) is 6.63. The van der Waals surface area contributed by atoms with Crippen LogP contribution in [0.5, 0.6) is 0 Å². The molecule has 0 bridgehead atoms. The lowest BCUT2D eigenvalue weighted by Crippen LogP contribution is -2.36. The molecule has 0 aliphatic carbocycles. The highest BCUT2D eigenvalue weighted by atomic mass is 16.3. The van der Waals surface area contributed by atoms with Gasteiger partial charge in [-0.3, -0.25) is 0 Å². The SMILES string of the molecule is Cc1nn2cnnc2c(N2CCCC(c3nnc(CO)n3C)C2)c1C. The first kappa shape index (κ1) is 15.9. The molecule has 9 heteroatoms. The molecule has 0 spiro atoms. The van der Waals surface area contributed by atoms with E-state index in [1.54, 1.807) is 10.8 Å². The molecule has 4 rings (SSSR count). The Labute approximate surface area is 145 Å². The zero-order valence-corrected chi connectivity index (χ0v) is 14.7. The second-order valence-electron chi connectivity index (χ2n) is 6.63. The van der Waals surface area contributed by atoms with Crippen LogP contribution in [0, 0.1) is 13.8 Å². The van der Waals surface area contributed by atoms with E-state index in [9.17, 15) is 5.11 Å². The van der Waals surface area contributed by atoms with Gasteiger partial charge in [-0.05, 0) is 32.3 Å². The molecule has 1 atom stereocenters.